The van der Waals surface area contributed by atoms with Crippen LogP contribution in [0.2, 0.25) is 0 Å². The van der Waals surface area contributed by atoms with E-state index in [4.69, 9.17) is 0 Å². The van der Waals surface area contributed by atoms with Crippen molar-refractivity contribution in [1.82, 2.24) is 0 Å². The number of anilines is 2. The fourth-order valence-electron chi connectivity index (χ4n) is 2.86. The maximum absolute atomic E-state index is 12.8. The van der Waals surface area contributed by atoms with Gasteiger partial charge in [-0.15, -0.1) is 0 Å². The first-order chi connectivity index (χ1) is 16.4. The Hall–Kier alpha value is -4.46. The average molecular weight is 508 g/mol. The van der Waals surface area contributed by atoms with Gasteiger partial charge in [0.1, 0.15) is 5.69 Å². The molecule has 3 aromatic rings. The molecule has 3 aromatic carbocycles. The molecule has 182 valence electrons. The lowest BCUT2D eigenvalue weighted by Gasteiger charge is -2.11. The number of nitro groups is 1. The summed E-state index contributed by atoms with van der Waals surface area (Å²) in [7, 11) is -4.41. The van der Waals surface area contributed by atoms with Crippen LogP contribution in [0, 0.1) is 10.1 Å². The number of carboxylic acids is 1. The monoisotopic (exact) mass is 508 g/mol. The van der Waals surface area contributed by atoms with Gasteiger partial charge in [0.15, 0.2) is 0 Å². The molecule has 10 nitrogen and oxygen atoms in total. The molecule has 35 heavy (non-hydrogen) atoms. The number of hydrogen-bond acceptors (Lipinski definition) is 7. The molecule has 0 amide bonds. The Labute approximate surface area is 195 Å². The number of hydrogen-bond donors (Lipinski definition) is 3. The van der Waals surface area contributed by atoms with E-state index in [1.807, 2.05) is 0 Å². The minimum atomic E-state index is -4.56. The Morgan fingerprint density at radius 3 is 2.40 bits per heavy atom. The van der Waals surface area contributed by atoms with Crippen LogP contribution in [0.4, 0.5) is 30.2 Å². The van der Waals surface area contributed by atoms with Crippen LogP contribution in [0.15, 0.2) is 76.7 Å². The maximum Gasteiger partial charge on any atom is 0.416 e. The Kier molecular flexibility index (Phi) is 7.05. The van der Waals surface area contributed by atoms with Gasteiger partial charge in [0.2, 0.25) is 0 Å². The van der Waals surface area contributed by atoms with Gasteiger partial charge in [-0.05, 0) is 42.0 Å². The minimum absolute atomic E-state index is 0.0653. The fraction of sp³-hybridized carbons (Fsp3) is 0.0476. The number of nitro benzene ring substituents is 1. The third-order valence-electron chi connectivity index (χ3n) is 4.49. The lowest BCUT2D eigenvalue weighted by Crippen LogP contribution is -2.16. The fourth-order valence-corrected chi connectivity index (χ4v) is 3.96. The van der Waals surface area contributed by atoms with Gasteiger partial charge in [0.05, 0.1) is 32.8 Å². The first kappa shape index (κ1) is 25.2. The molecule has 0 aliphatic carbocycles. The molecule has 0 aliphatic heterocycles. The lowest BCUT2D eigenvalue weighted by molar-refractivity contribution is -0.384. The first-order valence-electron chi connectivity index (χ1n) is 9.48. The van der Waals surface area contributed by atoms with E-state index >= 15 is 0 Å². The van der Waals surface area contributed by atoms with Crippen LogP contribution >= 0.6 is 0 Å². The minimum Gasteiger partial charge on any atom is -0.478 e. The summed E-state index contributed by atoms with van der Waals surface area (Å²) in [5.74, 6) is -1.38. The van der Waals surface area contributed by atoms with Crippen LogP contribution < -0.4 is 10.1 Å². The zero-order valence-corrected chi connectivity index (χ0v) is 18.2. The SMILES string of the molecule is O=C(O)c1ccccc1NS(=O)(=O)c1ccc(N/N=C/c2cccc(C(F)(F)F)c2)c([N+](=O)[O-])c1. The second kappa shape index (κ2) is 9.80. The number of para-hydroxylation sites is 1. The second-order valence-corrected chi connectivity index (χ2v) is 8.57. The van der Waals surface area contributed by atoms with Gasteiger partial charge in [0.25, 0.3) is 15.7 Å². The smallest absolute Gasteiger partial charge is 0.416 e. The van der Waals surface area contributed by atoms with Gasteiger partial charge < -0.3 is 5.11 Å². The van der Waals surface area contributed by atoms with Crippen LogP contribution in [-0.4, -0.2) is 30.6 Å². The highest BCUT2D eigenvalue weighted by Crippen LogP contribution is 2.30. The van der Waals surface area contributed by atoms with Crippen LogP contribution in [-0.2, 0) is 16.2 Å². The predicted molar refractivity (Wildman–Crippen MR) is 120 cm³/mol. The number of nitrogens with one attached hydrogen (secondary N) is 2. The normalized spacial score (nSPS) is 11.9. The standard InChI is InChI=1S/C21H15F3N4O6S/c22-21(23,24)14-5-3-4-13(10-14)12-25-26-18-9-8-15(11-19(18)28(31)32)35(33,34)27-17-7-2-1-6-16(17)20(29)30/h1-12,26-27H,(H,29,30)/b25-12+. The highest BCUT2D eigenvalue weighted by molar-refractivity contribution is 7.92. The van der Waals surface area contributed by atoms with Gasteiger partial charge in [0, 0.05) is 6.07 Å². The summed E-state index contributed by atoms with van der Waals surface area (Å²) in [4.78, 5) is 21.4. The van der Waals surface area contributed by atoms with Crippen molar-refractivity contribution in [3.63, 3.8) is 0 Å². The largest absolute Gasteiger partial charge is 0.478 e. The van der Waals surface area contributed by atoms with E-state index in [9.17, 15) is 41.6 Å². The molecule has 3 N–H and O–H groups in total. The van der Waals surface area contributed by atoms with Crippen LogP contribution in [0.5, 0.6) is 0 Å². The number of carboxylic acid groups (broad SMARTS) is 1. The molecule has 3 rings (SSSR count). The third-order valence-corrected chi connectivity index (χ3v) is 5.85. The van der Waals surface area contributed by atoms with E-state index in [0.717, 1.165) is 36.5 Å². The van der Waals surface area contributed by atoms with Crippen molar-refractivity contribution in [2.24, 2.45) is 5.10 Å². The summed E-state index contributed by atoms with van der Waals surface area (Å²) in [6.07, 6.45) is -3.55. The number of halogens is 3. The molecule has 0 saturated heterocycles. The number of sulfonamides is 1. The second-order valence-electron chi connectivity index (χ2n) is 6.89. The first-order valence-corrected chi connectivity index (χ1v) is 11.0. The van der Waals surface area contributed by atoms with Crippen molar-refractivity contribution in [3.05, 3.63) is 93.5 Å². The molecule has 0 saturated carbocycles. The van der Waals surface area contributed by atoms with Crippen LogP contribution in [0.25, 0.3) is 0 Å². The van der Waals surface area contributed by atoms with Crippen molar-refractivity contribution in [2.75, 3.05) is 10.1 Å². The van der Waals surface area contributed by atoms with Crippen molar-refractivity contribution in [1.29, 1.82) is 0 Å². The summed E-state index contributed by atoms with van der Waals surface area (Å²) in [5, 5.41) is 24.4. The molecule has 14 heteroatoms. The van der Waals surface area contributed by atoms with Gasteiger partial charge in [-0.2, -0.15) is 18.3 Å². The van der Waals surface area contributed by atoms with Crippen molar-refractivity contribution in [3.8, 4) is 0 Å². The number of carbonyl (C=O) groups is 1. The van der Waals surface area contributed by atoms with Gasteiger partial charge >= 0.3 is 12.1 Å². The summed E-state index contributed by atoms with van der Waals surface area (Å²) < 4.78 is 65.9. The van der Waals surface area contributed by atoms with Crippen molar-refractivity contribution < 1.29 is 36.4 Å². The summed E-state index contributed by atoms with van der Waals surface area (Å²) in [6, 6.07) is 12.2. The number of hydrazone groups is 1. The maximum atomic E-state index is 12.8. The number of rotatable bonds is 8. The summed E-state index contributed by atoms with van der Waals surface area (Å²) in [6.45, 7) is 0. The summed E-state index contributed by atoms with van der Waals surface area (Å²) >= 11 is 0. The van der Waals surface area contributed by atoms with Crippen molar-refractivity contribution >= 4 is 39.3 Å². The van der Waals surface area contributed by atoms with E-state index in [0.29, 0.717) is 0 Å². The Balaban J connectivity index is 1.86. The van der Waals surface area contributed by atoms with Crippen LogP contribution in [0.1, 0.15) is 21.5 Å². The highest BCUT2D eigenvalue weighted by atomic mass is 32.2. The number of nitrogens with zero attached hydrogens (tertiary/aromatic N) is 2. The predicted octanol–water partition coefficient (Wildman–Crippen LogP) is 4.56. The molecular formula is C21H15F3N4O6S. The van der Waals surface area contributed by atoms with E-state index in [2.05, 4.69) is 15.2 Å². The zero-order chi connectivity index (χ0) is 25.8. The van der Waals surface area contributed by atoms with Crippen molar-refractivity contribution in [2.45, 2.75) is 11.1 Å². The number of aromatic carboxylic acids is 1. The molecule has 0 bridgehead atoms. The summed E-state index contributed by atoms with van der Waals surface area (Å²) in [5.41, 5.74) is -0.0247. The molecular weight excluding hydrogens is 493 g/mol. The number of benzene rings is 3. The third kappa shape index (κ3) is 6.11. The van der Waals surface area contributed by atoms with Gasteiger partial charge in [-0.25, -0.2) is 13.2 Å². The molecule has 0 aromatic heterocycles. The molecule has 0 radical (unpaired) electrons. The molecule has 0 unspecified atom stereocenters. The number of alkyl halides is 3. The van der Waals surface area contributed by atoms with Crippen LogP contribution in [0.3, 0.4) is 0 Å². The Bertz CT molecular complexity index is 1420. The Morgan fingerprint density at radius 2 is 1.74 bits per heavy atom. The van der Waals surface area contributed by atoms with E-state index in [-0.39, 0.29) is 22.5 Å². The average Bonchev–Trinajstić information content (AvgIpc) is 2.78. The van der Waals surface area contributed by atoms with E-state index in [1.165, 1.54) is 36.4 Å². The van der Waals surface area contributed by atoms with E-state index < -0.39 is 43.2 Å². The zero-order valence-electron chi connectivity index (χ0n) is 17.4. The molecule has 0 aliphatic rings. The molecule has 0 fully saturated rings. The quantitative estimate of drug-likeness (QED) is 0.229. The molecule has 0 atom stereocenters. The lowest BCUT2D eigenvalue weighted by atomic mass is 10.1. The van der Waals surface area contributed by atoms with Gasteiger partial charge in [-0.1, -0.05) is 24.3 Å². The highest BCUT2D eigenvalue weighted by Gasteiger charge is 2.30. The van der Waals surface area contributed by atoms with E-state index in [1.54, 1.807) is 0 Å². The topological polar surface area (TPSA) is 151 Å². The Morgan fingerprint density at radius 1 is 1.03 bits per heavy atom. The van der Waals surface area contributed by atoms with Gasteiger partial charge in [-0.3, -0.25) is 20.3 Å². The molecule has 0 heterocycles. The molecule has 0 spiro atoms.